The Morgan fingerprint density at radius 1 is 1.56 bits per heavy atom. The number of hydrogen-bond donors (Lipinski definition) is 2. The predicted octanol–water partition coefficient (Wildman–Crippen LogP) is 3.20. The molecule has 0 unspecified atom stereocenters. The Labute approximate surface area is 126 Å². The molecule has 1 heterocycles. The van der Waals surface area contributed by atoms with E-state index in [-0.39, 0.29) is 24.0 Å². The summed E-state index contributed by atoms with van der Waals surface area (Å²) in [5.74, 6) is 0.842. The van der Waals surface area contributed by atoms with Gasteiger partial charge in [-0.15, -0.1) is 35.3 Å². The van der Waals surface area contributed by atoms with Crippen molar-refractivity contribution in [2.45, 2.75) is 26.4 Å². The van der Waals surface area contributed by atoms with Crippen LogP contribution in [0.1, 0.15) is 18.7 Å². The third kappa shape index (κ3) is 6.05. The van der Waals surface area contributed by atoms with Gasteiger partial charge in [-0.2, -0.15) is 0 Å². The second-order valence-corrected chi connectivity index (χ2v) is 5.37. The average Bonchev–Trinajstić information content (AvgIpc) is 2.58. The molecule has 0 radical (unpaired) electrons. The monoisotopic (exact) mass is 417 g/mol. The number of thiophene rings is 1. The van der Waals surface area contributed by atoms with Crippen molar-refractivity contribution >= 4 is 57.2 Å². The van der Waals surface area contributed by atoms with Crippen LogP contribution >= 0.6 is 51.2 Å². The highest BCUT2D eigenvalue weighted by atomic mass is 127. The molecule has 1 rings (SSSR count). The molecule has 0 aromatic carbocycles. The van der Waals surface area contributed by atoms with Crippen molar-refractivity contribution < 1.29 is 0 Å². The fraction of sp³-hybridized carbons (Fsp3) is 0.500. The Kier molecular flexibility index (Phi) is 8.39. The van der Waals surface area contributed by atoms with Gasteiger partial charge in [0.25, 0.3) is 0 Å². The van der Waals surface area contributed by atoms with E-state index in [0.717, 1.165) is 17.0 Å². The summed E-state index contributed by atoms with van der Waals surface area (Å²) in [5, 5.41) is 8.58. The second-order valence-electron chi connectivity index (χ2n) is 3.46. The molecule has 0 atom stereocenters. The molecule has 0 saturated heterocycles. The number of halogens is 2. The van der Waals surface area contributed by atoms with Gasteiger partial charge in [-0.05, 0) is 35.8 Å². The summed E-state index contributed by atoms with van der Waals surface area (Å²) in [6, 6.07) is 2.51. The summed E-state index contributed by atoms with van der Waals surface area (Å²) in [4.78, 5) is 5.42. The van der Waals surface area contributed by atoms with Gasteiger partial charge < -0.3 is 10.6 Å². The smallest absolute Gasteiger partial charge is 0.191 e. The quantitative estimate of drug-likeness (QED) is 0.450. The summed E-state index contributed by atoms with van der Waals surface area (Å²) < 4.78 is 1.14. The number of guanidine groups is 1. The number of nitrogens with zero attached hydrogens (tertiary/aromatic N) is 1. The van der Waals surface area contributed by atoms with Gasteiger partial charge >= 0.3 is 0 Å². The first-order valence-corrected chi connectivity index (χ1v) is 6.49. The van der Waals surface area contributed by atoms with Crippen LogP contribution in [0.2, 0.25) is 0 Å². The molecule has 6 heteroatoms. The van der Waals surface area contributed by atoms with Crippen LogP contribution in [0.4, 0.5) is 0 Å². The molecule has 16 heavy (non-hydrogen) atoms. The van der Waals surface area contributed by atoms with E-state index in [4.69, 9.17) is 0 Å². The van der Waals surface area contributed by atoms with Gasteiger partial charge in [0.15, 0.2) is 5.96 Å². The van der Waals surface area contributed by atoms with Crippen molar-refractivity contribution in [2.75, 3.05) is 7.05 Å². The lowest BCUT2D eigenvalue weighted by molar-refractivity contribution is 0.701. The third-order valence-corrected chi connectivity index (χ3v) is 3.40. The van der Waals surface area contributed by atoms with Crippen LogP contribution in [0.5, 0.6) is 0 Å². The summed E-state index contributed by atoms with van der Waals surface area (Å²) in [7, 11) is 1.78. The highest BCUT2D eigenvalue weighted by molar-refractivity contribution is 14.0. The molecule has 0 aliphatic heterocycles. The van der Waals surface area contributed by atoms with Gasteiger partial charge in [0.05, 0.1) is 6.54 Å². The van der Waals surface area contributed by atoms with Crippen molar-refractivity contribution in [3.8, 4) is 0 Å². The third-order valence-electron chi connectivity index (χ3n) is 1.70. The largest absolute Gasteiger partial charge is 0.354 e. The Morgan fingerprint density at radius 2 is 2.25 bits per heavy atom. The molecule has 1 aromatic rings. The number of rotatable bonds is 3. The number of nitrogens with one attached hydrogen (secondary N) is 2. The van der Waals surface area contributed by atoms with Crippen LogP contribution in [0.15, 0.2) is 20.9 Å². The Bertz CT molecular complexity index is 339. The molecule has 0 aliphatic carbocycles. The first-order chi connectivity index (χ1) is 7.11. The molecule has 92 valence electrons. The average molecular weight is 418 g/mol. The van der Waals surface area contributed by atoms with Crippen molar-refractivity contribution in [3.05, 3.63) is 20.8 Å². The lowest BCUT2D eigenvalue weighted by Crippen LogP contribution is -2.40. The molecule has 3 nitrogen and oxygen atoms in total. The van der Waals surface area contributed by atoms with E-state index in [1.165, 1.54) is 4.88 Å². The standard InChI is InChI=1S/C10H16BrN3S.HI/c1-7(2)14-10(12-3)13-5-9-4-8(11)6-15-9;/h4,6-7H,5H2,1-3H3,(H2,12,13,14);1H. The maximum absolute atomic E-state index is 4.14. The topological polar surface area (TPSA) is 36.4 Å². The zero-order chi connectivity index (χ0) is 11.3. The maximum Gasteiger partial charge on any atom is 0.191 e. The zero-order valence-corrected chi connectivity index (χ0v) is 14.3. The molecular formula is C10H17BrIN3S. The molecular weight excluding hydrogens is 401 g/mol. The van der Waals surface area contributed by atoms with Crippen LogP contribution in [0, 0.1) is 0 Å². The molecule has 0 saturated carbocycles. The minimum absolute atomic E-state index is 0. The lowest BCUT2D eigenvalue weighted by Gasteiger charge is -2.13. The van der Waals surface area contributed by atoms with Crippen LogP contribution < -0.4 is 10.6 Å². The van der Waals surface area contributed by atoms with Crippen LogP contribution in [-0.4, -0.2) is 19.0 Å². The summed E-state index contributed by atoms with van der Waals surface area (Å²) in [5.41, 5.74) is 0. The molecule has 0 amide bonds. The number of hydrogen-bond acceptors (Lipinski definition) is 2. The van der Waals surface area contributed by atoms with E-state index in [9.17, 15) is 0 Å². The minimum atomic E-state index is 0. The molecule has 0 bridgehead atoms. The first kappa shape index (κ1) is 16.2. The number of aliphatic imine (C=N–C) groups is 1. The van der Waals surface area contributed by atoms with Crippen LogP contribution in [-0.2, 0) is 6.54 Å². The van der Waals surface area contributed by atoms with E-state index in [0.29, 0.717) is 6.04 Å². The van der Waals surface area contributed by atoms with E-state index < -0.39 is 0 Å². The minimum Gasteiger partial charge on any atom is -0.354 e. The van der Waals surface area contributed by atoms with Crippen molar-refractivity contribution in [2.24, 2.45) is 4.99 Å². The van der Waals surface area contributed by atoms with E-state index in [1.54, 1.807) is 18.4 Å². The highest BCUT2D eigenvalue weighted by Crippen LogP contribution is 2.19. The van der Waals surface area contributed by atoms with Gasteiger partial charge in [0, 0.05) is 27.8 Å². The van der Waals surface area contributed by atoms with Crippen LogP contribution in [0.25, 0.3) is 0 Å². The maximum atomic E-state index is 4.14. The lowest BCUT2D eigenvalue weighted by atomic mass is 10.4. The Balaban J connectivity index is 0.00000225. The zero-order valence-electron chi connectivity index (χ0n) is 9.58. The van der Waals surface area contributed by atoms with Crippen LogP contribution in [0.3, 0.4) is 0 Å². The van der Waals surface area contributed by atoms with Gasteiger partial charge in [-0.25, -0.2) is 0 Å². The van der Waals surface area contributed by atoms with E-state index in [2.05, 4.69) is 56.8 Å². The second kappa shape index (κ2) is 8.30. The molecule has 0 aliphatic rings. The highest BCUT2D eigenvalue weighted by Gasteiger charge is 2.01. The predicted molar refractivity (Wildman–Crippen MR) is 85.9 cm³/mol. The molecule has 2 N–H and O–H groups in total. The van der Waals surface area contributed by atoms with Crippen molar-refractivity contribution in [1.29, 1.82) is 0 Å². The fourth-order valence-electron chi connectivity index (χ4n) is 1.09. The van der Waals surface area contributed by atoms with Gasteiger partial charge in [-0.3, -0.25) is 4.99 Å². The summed E-state index contributed by atoms with van der Waals surface area (Å²) >= 11 is 5.16. The van der Waals surface area contributed by atoms with Gasteiger partial charge in [0.1, 0.15) is 0 Å². The van der Waals surface area contributed by atoms with E-state index in [1.807, 2.05) is 0 Å². The summed E-state index contributed by atoms with van der Waals surface area (Å²) in [6.45, 7) is 4.99. The van der Waals surface area contributed by atoms with Gasteiger partial charge in [0.2, 0.25) is 0 Å². The van der Waals surface area contributed by atoms with Crippen molar-refractivity contribution in [3.63, 3.8) is 0 Å². The first-order valence-electron chi connectivity index (χ1n) is 4.82. The van der Waals surface area contributed by atoms with E-state index >= 15 is 0 Å². The molecule has 1 aromatic heterocycles. The molecule has 0 fully saturated rings. The fourth-order valence-corrected chi connectivity index (χ4v) is 2.48. The molecule has 0 spiro atoms. The van der Waals surface area contributed by atoms with Crippen molar-refractivity contribution in [1.82, 2.24) is 10.6 Å². The SMILES string of the molecule is CN=C(NCc1cc(Br)cs1)NC(C)C.I. The Hall–Kier alpha value is 0.180. The normalized spacial score (nSPS) is 11.2. The van der Waals surface area contributed by atoms with Gasteiger partial charge in [-0.1, -0.05) is 0 Å². The summed E-state index contributed by atoms with van der Waals surface area (Å²) in [6.07, 6.45) is 0. The Morgan fingerprint density at radius 3 is 2.69 bits per heavy atom.